The number of hydrogen-bond donors (Lipinski definition) is 30. The molecule has 4 aromatic rings. The minimum Gasteiger partial charge on any atom is -0.480 e. The van der Waals surface area contributed by atoms with Crippen LogP contribution >= 0.6 is 0 Å². The minimum atomic E-state index is -2.01. The monoisotopic (exact) mass is 1920 g/mol. The number of nitrogens with one attached hydrogen (secondary N) is 19. The SMILES string of the molecule is CC(C)C[C@H](NC(=O)[C@H](CCCNC(=N)N)NC(=O)[C@H](Cc1ccccc1)NC(=O)[C@H](Cc1ccccc1)NC(=O)[C@@H](NC(=O)[C@H](CO)NC(=O)[C@H](CC(C)C)NC(=O)[C@@H](N)CO)[C@@H](C)O)C(=O)N[C@@H](Cc1ccccc1)C(=O)N[C@@H](CC(N)=O)C(=O)N[C@@H](CCCNC(=N)N)C(=O)N[C@@H](CO)C(=O)N[C@@H](Cc1ccccc1)C(=O)N[C@H](C(=O)N[C@@H](CCC(N)=O)C(=O)N[C@@H](C)C(=O)O)[C@@H](C)O. The number of primary amides is 2. The van der Waals surface area contributed by atoms with Gasteiger partial charge in [0, 0.05) is 45.2 Å². The molecule has 48 heteroatoms. The van der Waals surface area contributed by atoms with Crippen molar-refractivity contribution in [3.63, 3.8) is 0 Å². The van der Waals surface area contributed by atoms with Gasteiger partial charge in [-0.15, -0.1) is 0 Å². The molecule has 137 heavy (non-hydrogen) atoms. The van der Waals surface area contributed by atoms with Crippen LogP contribution in [0.4, 0.5) is 0 Å². The first-order valence-electron chi connectivity index (χ1n) is 44.4. The lowest BCUT2D eigenvalue weighted by atomic mass is 9.99. The van der Waals surface area contributed by atoms with E-state index in [1.807, 2.05) is 0 Å². The van der Waals surface area contributed by atoms with Gasteiger partial charge in [-0.25, -0.2) is 0 Å². The van der Waals surface area contributed by atoms with Crippen LogP contribution in [-0.4, -0.2) is 291 Å². The summed E-state index contributed by atoms with van der Waals surface area (Å²) in [6, 6.07) is 4.87. The van der Waals surface area contributed by atoms with Gasteiger partial charge in [0.2, 0.25) is 100 Å². The van der Waals surface area contributed by atoms with Gasteiger partial charge in [0.15, 0.2) is 11.9 Å². The van der Waals surface area contributed by atoms with Gasteiger partial charge in [-0.3, -0.25) is 97.1 Å². The van der Waals surface area contributed by atoms with E-state index in [0.29, 0.717) is 22.3 Å². The Hall–Kier alpha value is -14.4. The summed E-state index contributed by atoms with van der Waals surface area (Å²) in [5.74, 6) is -22.0. The average molecular weight is 1920 g/mol. The highest BCUT2D eigenvalue weighted by Crippen LogP contribution is 2.17. The Bertz CT molecular complexity index is 4720. The maximum Gasteiger partial charge on any atom is 0.325 e. The van der Waals surface area contributed by atoms with Crippen molar-refractivity contribution in [3.8, 4) is 0 Å². The van der Waals surface area contributed by atoms with Crippen molar-refractivity contribution in [2.24, 2.45) is 40.5 Å². The number of carbonyl (C=O) groups is 18. The van der Waals surface area contributed by atoms with Gasteiger partial charge >= 0.3 is 5.97 Å². The lowest BCUT2D eigenvalue weighted by Crippen LogP contribution is -2.63. The normalized spacial score (nSPS) is 15.0. The van der Waals surface area contributed by atoms with Crippen molar-refractivity contribution >= 4 is 118 Å². The Labute approximate surface area is 790 Å². The zero-order chi connectivity index (χ0) is 102. The Kier molecular flexibility index (Phi) is 49.8. The summed E-state index contributed by atoms with van der Waals surface area (Å²) in [6.45, 7) is 6.88. The van der Waals surface area contributed by atoms with Gasteiger partial charge in [0.25, 0.3) is 0 Å². The summed E-state index contributed by atoms with van der Waals surface area (Å²) < 4.78 is 0. The van der Waals surface area contributed by atoms with Gasteiger partial charge in [-0.05, 0) is 99.8 Å². The second-order valence-electron chi connectivity index (χ2n) is 33.6. The predicted molar refractivity (Wildman–Crippen MR) is 495 cm³/mol. The highest BCUT2D eigenvalue weighted by Gasteiger charge is 2.41. The smallest absolute Gasteiger partial charge is 0.325 e. The highest BCUT2D eigenvalue weighted by atomic mass is 16.4. The first-order chi connectivity index (χ1) is 64.7. The molecule has 0 aliphatic rings. The number of aliphatic carboxylic acids is 1. The molecule has 48 nitrogen and oxygen atoms in total. The molecule has 17 amide bonds. The number of carbonyl (C=O) groups excluding carboxylic acids is 17. The zero-order valence-electron chi connectivity index (χ0n) is 77.2. The summed E-state index contributed by atoms with van der Waals surface area (Å²) in [4.78, 5) is 252. The average Bonchev–Trinajstić information content (AvgIpc) is 0.845. The fourth-order valence-electron chi connectivity index (χ4n) is 13.6. The number of aliphatic hydroxyl groups is 5. The van der Waals surface area contributed by atoms with Crippen LogP contribution in [0.2, 0.25) is 0 Å². The first kappa shape index (κ1) is 115. The molecule has 0 unspecified atom stereocenters. The van der Waals surface area contributed by atoms with Gasteiger partial charge in [0.1, 0.15) is 96.7 Å². The number of guanidine groups is 2. The summed E-state index contributed by atoms with van der Waals surface area (Å²) in [5.41, 5.74) is 29.5. The van der Waals surface area contributed by atoms with E-state index in [1.54, 1.807) is 149 Å². The van der Waals surface area contributed by atoms with Gasteiger partial charge in [0.05, 0.1) is 38.4 Å². The van der Waals surface area contributed by atoms with Crippen molar-refractivity contribution in [2.75, 3.05) is 32.9 Å². The largest absolute Gasteiger partial charge is 0.480 e. The van der Waals surface area contributed by atoms with Crippen LogP contribution < -0.4 is 119 Å². The van der Waals surface area contributed by atoms with Crippen LogP contribution in [0.15, 0.2) is 121 Å². The van der Waals surface area contributed by atoms with Crippen molar-refractivity contribution in [2.45, 2.75) is 241 Å². The highest BCUT2D eigenvalue weighted by molar-refractivity contribution is 6.02. The Balaban J connectivity index is 1.71. The molecule has 0 fully saturated rings. The second-order valence-corrected chi connectivity index (χ2v) is 33.6. The topological polar surface area (TPSA) is 811 Å². The standard InChI is InChI=1S/C89H132N24O24/c1-46(2)36-59(103-72(121)55(90)43-114)77(126)111-67(45-116)84(133)113-71(50(7)118)86(135)109-63(40-53-26-16-10-17-27-53)80(129)106-61(38-51-22-12-8-13-23-51)78(127)100-56(30-20-34-97-88(93)94)74(123)104-60(37-47(3)4)76(125)105-62(39-52-24-14-9-15-25-52)79(128)108-65(42-69(92)120)81(130)101-57(31-21-35-98-89(95)96)75(124)110-66(44-115)83(132)107-64(41-54-28-18-11-19-29-54)82(131)112-70(49(6)117)85(134)102-58(32-33-68(91)119)73(122)99-48(5)87(136)137/h8-19,22-29,46-50,55-67,70-71,114-118H,20-21,30-45,90H2,1-7H3,(H2,91,119)(H2,92,120)(H,99,122)(H,100,127)(H,101,130)(H,102,134)(H,103,121)(H,104,123)(H,105,125)(H,106,129)(H,107,132)(H,108,128)(H,109,135)(H,110,124)(H,111,126)(H,112,131)(H,113,133)(H,136,137)(H4,93,94,97)(H4,95,96,98)/t48-,49+,50+,55-,56-,57-,58-,59-,60-,61-,62-,63-,64-,65-,66-,67-,70-,71-/m0/s1. The maximum atomic E-state index is 15.2. The number of carboxylic acids is 1. The molecular weight excluding hydrogens is 1790 g/mol. The van der Waals surface area contributed by atoms with Gasteiger partial charge < -0.3 is 150 Å². The number of aliphatic hydroxyl groups excluding tert-OH is 5. The van der Waals surface area contributed by atoms with Crippen LogP contribution in [0.25, 0.3) is 0 Å². The molecule has 35 N–H and O–H groups in total. The van der Waals surface area contributed by atoms with E-state index in [0.717, 1.165) is 20.8 Å². The molecule has 0 radical (unpaired) electrons. The van der Waals surface area contributed by atoms with Gasteiger partial charge in [-0.2, -0.15) is 0 Å². The number of hydrogen-bond acceptors (Lipinski definition) is 26. The van der Waals surface area contributed by atoms with E-state index in [4.69, 9.17) is 39.5 Å². The van der Waals surface area contributed by atoms with E-state index in [-0.39, 0.29) is 76.8 Å². The van der Waals surface area contributed by atoms with E-state index < -0.39 is 279 Å². The number of benzene rings is 4. The Morgan fingerprint density at radius 3 is 0.869 bits per heavy atom. The molecule has 0 bridgehead atoms. The fraction of sp³-hybridized carbons (Fsp3) is 0.506. The van der Waals surface area contributed by atoms with Crippen LogP contribution in [0.3, 0.4) is 0 Å². The van der Waals surface area contributed by atoms with Crippen molar-refractivity contribution < 1.29 is 117 Å². The number of nitrogens with two attached hydrogens (primary N) is 5. The molecule has 0 heterocycles. The Morgan fingerprint density at radius 2 is 0.562 bits per heavy atom. The second kappa shape index (κ2) is 59.4. The molecule has 752 valence electrons. The molecule has 0 saturated carbocycles. The number of rotatable bonds is 61. The van der Waals surface area contributed by atoms with Crippen molar-refractivity contribution in [1.82, 2.24) is 90.4 Å². The Morgan fingerprint density at radius 1 is 0.307 bits per heavy atom. The van der Waals surface area contributed by atoms with E-state index in [9.17, 15) is 93.0 Å². The zero-order valence-corrected chi connectivity index (χ0v) is 77.2. The molecular formula is C89H132N24O24. The fourth-order valence-corrected chi connectivity index (χ4v) is 13.6. The molecule has 4 rings (SSSR count). The first-order valence-corrected chi connectivity index (χ1v) is 44.4. The van der Waals surface area contributed by atoms with Crippen LogP contribution in [0, 0.1) is 22.7 Å². The number of carboxylic acid groups (broad SMARTS) is 1. The number of amides is 17. The van der Waals surface area contributed by atoms with Crippen molar-refractivity contribution in [3.05, 3.63) is 144 Å². The van der Waals surface area contributed by atoms with E-state index >= 15 is 24.0 Å². The summed E-state index contributed by atoms with van der Waals surface area (Å²) >= 11 is 0. The third-order valence-corrected chi connectivity index (χ3v) is 20.9. The maximum absolute atomic E-state index is 15.2. The van der Waals surface area contributed by atoms with E-state index in [2.05, 4.69) is 90.4 Å². The third-order valence-electron chi connectivity index (χ3n) is 20.9. The third kappa shape index (κ3) is 42.4. The summed E-state index contributed by atoms with van der Waals surface area (Å²) in [6.07, 6.45) is -7.76. The van der Waals surface area contributed by atoms with Crippen LogP contribution in [0.5, 0.6) is 0 Å². The van der Waals surface area contributed by atoms with E-state index in [1.165, 1.54) is 0 Å². The lowest BCUT2D eigenvalue weighted by molar-refractivity contribution is -0.142. The van der Waals surface area contributed by atoms with Crippen LogP contribution in [-0.2, 0) is 112 Å². The predicted octanol–water partition coefficient (Wildman–Crippen LogP) is -8.84. The molecule has 0 aliphatic heterocycles. The van der Waals surface area contributed by atoms with Crippen LogP contribution in [0.1, 0.15) is 129 Å². The molecule has 0 aromatic heterocycles. The molecule has 18 atom stereocenters. The van der Waals surface area contributed by atoms with Gasteiger partial charge in [-0.1, -0.05) is 149 Å². The summed E-state index contributed by atoms with van der Waals surface area (Å²) in [5, 5.41) is 119. The molecule has 0 spiro atoms. The lowest BCUT2D eigenvalue weighted by Gasteiger charge is -2.29. The molecule has 4 aromatic carbocycles. The minimum absolute atomic E-state index is 0.00458. The molecule has 0 aliphatic carbocycles. The van der Waals surface area contributed by atoms with Crippen molar-refractivity contribution in [1.29, 1.82) is 10.8 Å². The molecule has 0 saturated heterocycles. The summed E-state index contributed by atoms with van der Waals surface area (Å²) in [7, 11) is 0. The quantitative estimate of drug-likeness (QED) is 0.0111.